The van der Waals surface area contributed by atoms with Crippen LogP contribution in [0.15, 0.2) is 18.3 Å². The molecule has 6 nitrogen and oxygen atoms in total. The number of likely N-dealkylation sites (tertiary alicyclic amines) is 1. The molecule has 0 spiro atoms. The predicted octanol–water partition coefficient (Wildman–Crippen LogP) is 1.53. The molecule has 0 aliphatic carbocycles. The van der Waals surface area contributed by atoms with Gasteiger partial charge in [-0.2, -0.15) is 0 Å². The Hall–Kier alpha value is -1.50. The highest BCUT2D eigenvalue weighted by Crippen LogP contribution is 2.31. The van der Waals surface area contributed by atoms with E-state index in [0.717, 1.165) is 57.1 Å². The molecule has 2 aliphatic heterocycles. The van der Waals surface area contributed by atoms with E-state index in [1.54, 1.807) is 0 Å². The van der Waals surface area contributed by atoms with E-state index in [4.69, 9.17) is 9.72 Å². The summed E-state index contributed by atoms with van der Waals surface area (Å²) in [5, 5.41) is 0. The van der Waals surface area contributed by atoms with Crippen LogP contribution in [0.1, 0.15) is 24.7 Å². The average molecular weight is 315 g/mol. The van der Waals surface area contributed by atoms with Gasteiger partial charge in [0, 0.05) is 32.4 Å². The van der Waals surface area contributed by atoms with Crippen LogP contribution in [0.2, 0.25) is 0 Å². The van der Waals surface area contributed by atoms with E-state index in [1.807, 2.05) is 12.3 Å². The number of rotatable bonds is 4. The Bertz CT molecular complexity index is 664. The predicted molar refractivity (Wildman–Crippen MR) is 89.4 cm³/mol. The molecule has 2 aromatic rings. The summed E-state index contributed by atoms with van der Waals surface area (Å²) >= 11 is 0. The van der Waals surface area contributed by atoms with Crippen LogP contribution in [-0.4, -0.2) is 70.8 Å². The Balaban J connectivity index is 1.62. The molecular weight excluding hydrogens is 290 g/mol. The fourth-order valence-corrected chi connectivity index (χ4v) is 3.75. The van der Waals surface area contributed by atoms with E-state index in [-0.39, 0.29) is 0 Å². The number of morpholine rings is 1. The average Bonchev–Trinajstić information content (AvgIpc) is 3.17. The van der Waals surface area contributed by atoms with Crippen molar-refractivity contribution in [1.29, 1.82) is 0 Å². The first-order valence-electron chi connectivity index (χ1n) is 8.64. The Morgan fingerprint density at radius 2 is 2.09 bits per heavy atom. The van der Waals surface area contributed by atoms with Crippen LogP contribution in [0.4, 0.5) is 0 Å². The normalized spacial score (nSPS) is 23.8. The molecule has 0 amide bonds. The first-order valence-corrected chi connectivity index (χ1v) is 8.64. The molecule has 0 bridgehead atoms. The Kier molecular flexibility index (Phi) is 4.29. The summed E-state index contributed by atoms with van der Waals surface area (Å²) in [5.74, 6) is 1.19. The van der Waals surface area contributed by atoms with Gasteiger partial charge in [-0.1, -0.05) is 0 Å². The monoisotopic (exact) mass is 315 g/mol. The lowest BCUT2D eigenvalue weighted by Crippen LogP contribution is -2.38. The number of fused-ring (bicyclic) bond motifs is 1. The molecule has 124 valence electrons. The van der Waals surface area contributed by atoms with Crippen molar-refractivity contribution in [2.75, 3.05) is 46.4 Å². The van der Waals surface area contributed by atoms with Gasteiger partial charge in [-0.3, -0.25) is 9.80 Å². The molecule has 0 saturated carbocycles. The van der Waals surface area contributed by atoms with Crippen molar-refractivity contribution < 1.29 is 4.74 Å². The highest BCUT2D eigenvalue weighted by Gasteiger charge is 2.28. The molecule has 23 heavy (non-hydrogen) atoms. The van der Waals surface area contributed by atoms with Gasteiger partial charge in [0.15, 0.2) is 5.65 Å². The van der Waals surface area contributed by atoms with E-state index in [1.165, 1.54) is 18.7 Å². The highest BCUT2D eigenvalue weighted by atomic mass is 16.5. The molecule has 0 N–H and O–H groups in total. The summed E-state index contributed by atoms with van der Waals surface area (Å²) in [6, 6.07) is 4.48. The van der Waals surface area contributed by atoms with Crippen LogP contribution in [0.25, 0.3) is 11.2 Å². The van der Waals surface area contributed by atoms with Crippen LogP contribution in [0.5, 0.6) is 0 Å². The molecule has 2 saturated heterocycles. The van der Waals surface area contributed by atoms with Gasteiger partial charge in [-0.05, 0) is 38.6 Å². The minimum absolute atomic E-state index is 0.425. The molecule has 6 heteroatoms. The molecule has 2 aliphatic rings. The second-order valence-corrected chi connectivity index (χ2v) is 6.56. The van der Waals surface area contributed by atoms with Gasteiger partial charge < -0.3 is 9.30 Å². The van der Waals surface area contributed by atoms with E-state index < -0.39 is 0 Å². The van der Waals surface area contributed by atoms with Crippen molar-refractivity contribution in [2.24, 2.45) is 0 Å². The van der Waals surface area contributed by atoms with Crippen molar-refractivity contribution >= 4 is 11.2 Å². The lowest BCUT2D eigenvalue weighted by atomic mass is 10.2. The second kappa shape index (κ2) is 6.55. The Labute approximate surface area is 137 Å². The van der Waals surface area contributed by atoms with Crippen molar-refractivity contribution in [3.05, 3.63) is 24.2 Å². The van der Waals surface area contributed by atoms with Crippen LogP contribution < -0.4 is 0 Å². The summed E-state index contributed by atoms with van der Waals surface area (Å²) in [6.45, 7) is 6.90. The zero-order valence-corrected chi connectivity index (χ0v) is 13.8. The maximum Gasteiger partial charge on any atom is 0.160 e. The number of nitrogens with zero attached hydrogens (tertiary/aromatic N) is 5. The Morgan fingerprint density at radius 1 is 1.22 bits per heavy atom. The molecule has 2 aromatic heterocycles. The summed E-state index contributed by atoms with van der Waals surface area (Å²) in [4.78, 5) is 14.4. The fraction of sp³-hybridized carbons (Fsp3) is 0.647. The zero-order valence-electron chi connectivity index (χ0n) is 13.8. The minimum atomic E-state index is 0.425. The minimum Gasteiger partial charge on any atom is -0.379 e. The van der Waals surface area contributed by atoms with Gasteiger partial charge in [0.25, 0.3) is 0 Å². The first kappa shape index (κ1) is 15.1. The number of hydrogen-bond acceptors (Lipinski definition) is 5. The third-order valence-electron chi connectivity index (χ3n) is 5.10. The SMILES string of the molecule is CN1CCCC1c1nc2cccnc2n1CCN1CCOCC1. The van der Waals surface area contributed by atoms with E-state index in [0.29, 0.717) is 6.04 Å². The molecule has 4 rings (SSSR count). The van der Waals surface area contributed by atoms with Gasteiger partial charge in [-0.15, -0.1) is 0 Å². The second-order valence-electron chi connectivity index (χ2n) is 6.56. The smallest absolute Gasteiger partial charge is 0.160 e. The first-order chi connectivity index (χ1) is 11.3. The topological polar surface area (TPSA) is 46.4 Å². The number of hydrogen-bond donors (Lipinski definition) is 0. The molecule has 4 heterocycles. The quantitative estimate of drug-likeness (QED) is 0.856. The van der Waals surface area contributed by atoms with Crippen molar-refractivity contribution in [3.8, 4) is 0 Å². The number of imidazole rings is 1. The van der Waals surface area contributed by atoms with E-state index >= 15 is 0 Å². The largest absolute Gasteiger partial charge is 0.379 e. The summed E-state index contributed by atoms with van der Waals surface area (Å²) in [6.07, 6.45) is 4.32. The highest BCUT2D eigenvalue weighted by molar-refractivity contribution is 5.71. The van der Waals surface area contributed by atoms with Gasteiger partial charge in [0.1, 0.15) is 11.3 Å². The van der Waals surface area contributed by atoms with E-state index in [9.17, 15) is 0 Å². The summed E-state index contributed by atoms with van der Waals surface area (Å²) in [7, 11) is 2.21. The number of pyridine rings is 1. The molecule has 0 aromatic carbocycles. The number of aromatic nitrogens is 3. The van der Waals surface area contributed by atoms with Crippen LogP contribution >= 0.6 is 0 Å². The van der Waals surface area contributed by atoms with Crippen LogP contribution in [-0.2, 0) is 11.3 Å². The lowest BCUT2D eigenvalue weighted by Gasteiger charge is -2.27. The lowest BCUT2D eigenvalue weighted by molar-refractivity contribution is 0.0363. The van der Waals surface area contributed by atoms with Crippen LogP contribution in [0.3, 0.4) is 0 Å². The fourth-order valence-electron chi connectivity index (χ4n) is 3.75. The van der Waals surface area contributed by atoms with Gasteiger partial charge in [0.05, 0.1) is 19.3 Å². The van der Waals surface area contributed by atoms with Crippen molar-refractivity contribution in [2.45, 2.75) is 25.4 Å². The summed E-state index contributed by atoms with van der Waals surface area (Å²) in [5.41, 5.74) is 2.04. The molecule has 2 fully saturated rings. The molecule has 1 atom stereocenters. The third-order valence-corrected chi connectivity index (χ3v) is 5.10. The molecule has 1 unspecified atom stereocenters. The van der Waals surface area contributed by atoms with E-state index in [2.05, 4.69) is 32.5 Å². The molecular formula is C17H25N5O. The summed E-state index contributed by atoms with van der Waals surface area (Å²) < 4.78 is 7.79. The molecule has 0 radical (unpaired) electrons. The van der Waals surface area contributed by atoms with Gasteiger partial charge >= 0.3 is 0 Å². The van der Waals surface area contributed by atoms with Crippen LogP contribution in [0, 0.1) is 0 Å². The Morgan fingerprint density at radius 3 is 2.87 bits per heavy atom. The maximum absolute atomic E-state index is 5.45. The standard InChI is InChI=1S/C17H25N5O/c1-20-7-3-5-15(20)17-19-14-4-2-6-18-16(14)22(17)9-8-21-10-12-23-13-11-21/h2,4,6,15H,3,5,7-13H2,1H3. The van der Waals surface area contributed by atoms with Crippen molar-refractivity contribution in [1.82, 2.24) is 24.3 Å². The maximum atomic E-state index is 5.45. The third kappa shape index (κ3) is 2.98. The number of ether oxygens (including phenoxy) is 1. The van der Waals surface area contributed by atoms with Gasteiger partial charge in [-0.25, -0.2) is 9.97 Å². The van der Waals surface area contributed by atoms with Gasteiger partial charge in [0.2, 0.25) is 0 Å². The van der Waals surface area contributed by atoms with Crippen molar-refractivity contribution in [3.63, 3.8) is 0 Å². The zero-order chi connectivity index (χ0) is 15.6.